The summed E-state index contributed by atoms with van der Waals surface area (Å²) in [6.07, 6.45) is 1.74. The van der Waals surface area contributed by atoms with Gasteiger partial charge in [-0.1, -0.05) is 0 Å². The van der Waals surface area contributed by atoms with Crippen LogP contribution in [-0.4, -0.2) is 73.3 Å². The van der Waals surface area contributed by atoms with Gasteiger partial charge in [0.1, 0.15) is 5.82 Å². The summed E-state index contributed by atoms with van der Waals surface area (Å²) in [6.45, 7) is 5.03. The number of halogens is 2. The first-order chi connectivity index (χ1) is 13.6. The molecule has 0 aliphatic carbocycles. The van der Waals surface area contributed by atoms with E-state index < -0.39 is 11.6 Å². The zero-order valence-corrected chi connectivity index (χ0v) is 15.4. The standard InChI is InChI=1S/C19H21F2N5O2/c20-15-2-1-14(13-16(15)21)18(27)25-7-5-24(6-8-25)17-3-4-22-19(23-17)26-9-11-28-12-10-26/h1-4,13H,5-12H2. The molecule has 9 heteroatoms. The summed E-state index contributed by atoms with van der Waals surface area (Å²) in [5, 5.41) is 0. The molecule has 2 aromatic rings. The maximum Gasteiger partial charge on any atom is 0.254 e. The Morgan fingerprint density at radius 3 is 2.39 bits per heavy atom. The van der Waals surface area contributed by atoms with E-state index in [0.717, 1.165) is 31.0 Å². The maximum atomic E-state index is 13.4. The molecule has 2 aliphatic rings. The van der Waals surface area contributed by atoms with Crippen LogP contribution in [0.5, 0.6) is 0 Å². The minimum absolute atomic E-state index is 0.156. The van der Waals surface area contributed by atoms with Gasteiger partial charge in [0.25, 0.3) is 5.91 Å². The quantitative estimate of drug-likeness (QED) is 0.794. The van der Waals surface area contributed by atoms with E-state index in [0.29, 0.717) is 45.3 Å². The van der Waals surface area contributed by atoms with Crippen molar-refractivity contribution in [3.05, 3.63) is 47.7 Å². The molecule has 1 aromatic carbocycles. The maximum absolute atomic E-state index is 13.4. The molecule has 2 aliphatic heterocycles. The minimum atomic E-state index is -1.01. The van der Waals surface area contributed by atoms with Crippen LogP contribution in [0.3, 0.4) is 0 Å². The SMILES string of the molecule is O=C(c1ccc(F)c(F)c1)N1CCN(c2ccnc(N3CCOCC3)n2)CC1. The Hall–Kier alpha value is -2.81. The highest BCUT2D eigenvalue weighted by molar-refractivity contribution is 5.94. The number of hydrogen-bond acceptors (Lipinski definition) is 6. The van der Waals surface area contributed by atoms with Gasteiger partial charge in [0.15, 0.2) is 11.6 Å². The van der Waals surface area contributed by atoms with E-state index in [1.807, 2.05) is 6.07 Å². The second-order valence-electron chi connectivity index (χ2n) is 6.72. The monoisotopic (exact) mass is 389 g/mol. The fourth-order valence-electron chi connectivity index (χ4n) is 3.38. The number of piperazine rings is 1. The topological polar surface area (TPSA) is 61.8 Å². The molecular weight excluding hydrogens is 368 g/mol. The number of anilines is 2. The number of morpholine rings is 1. The fourth-order valence-corrected chi connectivity index (χ4v) is 3.38. The predicted molar refractivity (Wildman–Crippen MR) is 99.5 cm³/mol. The second kappa shape index (κ2) is 8.05. The van der Waals surface area contributed by atoms with Crippen molar-refractivity contribution in [3.63, 3.8) is 0 Å². The highest BCUT2D eigenvalue weighted by Crippen LogP contribution is 2.19. The number of benzene rings is 1. The van der Waals surface area contributed by atoms with Crippen LogP contribution in [0.15, 0.2) is 30.5 Å². The molecule has 1 amide bonds. The molecule has 0 atom stereocenters. The Morgan fingerprint density at radius 1 is 0.929 bits per heavy atom. The van der Waals surface area contributed by atoms with Crippen molar-refractivity contribution in [2.75, 3.05) is 62.3 Å². The van der Waals surface area contributed by atoms with Crippen LogP contribution in [0.1, 0.15) is 10.4 Å². The van der Waals surface area contributed by atoms with Crippen molar-refractivity contribution in [1.29, 1.82) is 0 Å². The van der Waals surface area contributed by atoms with E-state index >= 15 is 0 Å². The van der Waals surface area contributed by atoms with E-state index in [2.05, 4.69) is 19.8 Å². The van der Waals surface area contributed by atoms with Gasteiger partial charge in [0.2, 0.25) is 5.95 Å². The van der Waals surface area contributed by atoms with Crippen molar-refractivity contribution >= 4 is 17.7 Å². The van der Waals surface area contributed by atoms with E-state index in [4.69, 9.17) is 4.74 Å². The normalized spacial score (nSPS) is 17.7. The minimum Gasteiger partial charge on any atom is -0.378 e. The number of hydrogen-bond donors (Lipinski definition) is 0. The van der Waals surface area contributed by atoms with E-state index in [9.17, 15) is 13.6 Å². The molecule has 0 bridgehead atoms. The summed E-state index contributed by atoms with van der Waals surface area (Å²) in [6, 6.07) is 5.10. The first-order valence-electron chi connectivity index (χ1n) is 9.27. The summed E-state index contributed by atoms with van der Waals surface area (Å²) >= 11 is 0. The lowest BCUT2D eigenvalue weighted by molar-refractivity contribution is 0.0746. The second-order valence-corrected chi connectivity index (χ2v) is 6.72. The summed E-state index contributed by atoms with van der Waals surface area (Å²) in [4.78, 5) is 27.4. The van der Waals surface area contributed by atoms with Crippen molar-refractivity contribution in [2.24, 2.45) is 0 Å². The molecule has 2 saturated heterocycles. The van der Waals surface area contributed by atoms with Crippen molar-refractivity contribution in [1.82, 2.24) is 14.9 Å². The highest BCUT2D eigenvalue weighted by atomic mass is 19.2. The smallest absolute Gasteiger partial charge is 0.254 e. The molecule has 0 spiro atoms. The van der Waals surface area contributed by atoms with Crippen molar-refractivity contribution < 1.29 is 18.3 Å². The molecule has 1 aromatic heterocycles. The Morgan fingerprint density at radius 2 is 1.68 bits per heavy atom. The largest absolute Gasteiger partial charge is 0.378 e. The van der Waals surface area contributed by atoms with E-state index in [-0.39, 0.29) is 11.5 Å². The van der Waals surface area contributed by atoms with Gasteiger partial charge in [-0.2, -0.15) is 4.98 Å². The number of carbonyl (C=O) groups is 1. The molecule has 28 heavy (non-hydrogen) atoms. The summed E-state index contributed by atoms with van der Waals surface area (Å²) in [5.74, 6) is -0.768. The molecular formula is C19H21F2N5O2. The van der Waals surface area contributed by atoms with Gasteiger partial charge in [-0.15, -0.1) is 0 Å². The Balaban J connectivity index is 1.40. The van der Waals surface area contributed by atoms with Crippen LogP contribution in [0, 0.1) is 11.6 Å². The summed E-state index contributed by atoms with van der Waals surface area (Å²) in [5.41, 5.74) is 0.156. The van der Waals surface area contributed by atoms with Crippen molar-refractivity contribution in [2.45, 2.75) is 0 Å². The average Bonchev–Trinajstić information content (AvgIpc) is 2.76. The third-order valence-electron chi connectivity index (χ3n) is 4.98. The van der Waals surface area contributed by atoms with Crippen LogP contribution in [-0.2, 0) is 4.74 Å². The van der Waals surface area contributed by atoms with Gasteiger partial charge >= 0.3 is 0 Å². The number of ether oxygens (including phenoxy) is 1. The van der Waals surface area contributed by atoms with Crippen molar-refractivity contribution in [3.8, 4) is 0 Å². The molecule has 4 rings (SSSR count). The predicted octanol–water partition coefficient (Wildman–Crippen LogP) is 1.55. The lowest BCUT2D eigenvalue weighted by Crippen LogP contribution is -2.49. The van der Waals surface area contributed by atoms with Crippen LogP contribution < -0.4 is 9.80 Å². The molecule has 148 valence electrons. The molecule has 0 N–H and O–H groups in total. The average molecular weight is 389 g/mol. The highest BCUT2D eigenvalue weighted by Gasteiger charge is 2.24. The molecule has 0 unspecified atom stereocenters. The van der Waals surface area contributed by atoms with Gasteiger partial charge in [-0.25, -0.2) is 13.8 Å². The Labute approximate surface area is 161 Å². The molecule has 0 radical (unpaired) electrons. The summed E-state index contributed by atoms with van der Waals surface area (Å²) in [7, 11) is 0. The molecule has 0 saturated carbocycles. The first kappa shape index (κ1) is 18.5. The Kier molecular flexibility index (Phi) is 5.34. The van der Waals surface area contributed by atoms with E-state index in [1.54, 1.807) is 11.1 Å². The van der Waals surface area contributed by atoms with Gasteiger partial charge < -0.3 is 19.4 Å². The lowest BCUT2D eigenvalue weighted by atomic mass is 10.1. The van der Waals surface area contributed by atoms with Gasteiger partial charge in [-0.3, -0.25) is 4.79 Å². The molecule has 2 fully saturated rings. The van der Waals surface area contributed by atoms with Crippen LogP contribution in [0.2, 0.25) is 0 Å². The first-order valence-corrected chi connectivity index (χ1v) is 9.27. The number of aromatic nitrogens is 2. The van der Waals surface area contributed by atoms with Gasteiger partial charge in [-0.05, 0) is 24.3 Å². The molecule has 7 nitrogen and oxygen atoms in total. The summed E-state index contributed by atoms with van der Waals surface area (Å²) < 4.78 is 31.8. The van der Waals surface area contributed by atoms with E-state index in [1.165, 1.54) is 6.07 Å². The number of carbonyl (C=O) groups excluding carboxylic acids is 1. The number of nitrogens with zero attached hydrogens (tertiary/aromatic N) is 5. The fraction of sp³-hybridized carbons (Fsp3) is 0.421. The van der Waals surface area contributed by atoms with Crippen LogP contribution >= 0.6 is 0 Å². The van der Waals surface area contributed by atoms with Crippen LogP contribution in [0.25, 0.3) is 0 Å². The number of amides is 1. The third kappa shape index (κ3) is 3.89. The number of rotatable bonds is 3. The molecule has 3 heterocycles. The lowest BCUT2D eigenvalue weighted by Gasteiger charge is -2.36. The zero-order chi connectivity index (χ0) is 19.5. The third-order valence-corrected chi connectivity index (χ3v) is 4.98. The van der Waals surface area contributed by atoms with Crippen LogP contribution in [0.4, 0.5) is 20.5 Å². The van der Waals surface area contributed by atoms with Gasteiger partial charge in [0, 0.05) is 51.0 Å². The Bertz CT molecular complexity index is 852. The zero-order valence-electron chi connectivity index (χ0n) is 15.4. The van der Waals surface area contributed by atoms with Gasteiger partial charge in [0.05, 0.1) is 13.2 Å².